The fourth-order valence-electron chi connectivity index (χ4n) is 2.26. The molecule has 0 aromatic heterocycles. The third-order valence-corrected chi connectivity index (χ3v) is 4.86. The zero-order valence-electron chi connectivity index (χ0n) is 10.3. The average molecular weight is 231 g/mol. The van der Waals surface area contributed by atoms with Crippen molar-refractivity contribution in [1.29, 1.82) is 0 Å². The van der Waals surface area contributed by atoms with Gasteiger partial charge in [-0.2, -0.15) is 11.8 Å². The summed E-state index contributed by atoms with van der Waals surface area (Å²) in [5.74, 6) is 1.25. The summed E-state index contributed by atoms with van der Waals surface area (Å²) in [6, 6.07) is 0. The van der Waals surface area contributed by atoms with Crippen LogP contribution in [0.5, 0.6) is 0 Å². The molecule has 0 spiro atoms. The van der Waals surface area contributed by atoms with Gasteiger partial charge in [-0.1, -0.05) is 20.8 Å². The number of hydrogen-bond donors (Lipinski definition) is 1. The van der Waals surface area contributed by atoms with Crippen LogP contribution >= 0.6 is 11.8 Å². The third kappa shape index (κ3) is 3.65. The maximum absolute atomic E-state index is 9.54. The van der Waals surface area contributed by atoms with Crippen molar-refractivity contribution in [3.05, 3.63) is 0 Å². The van der Waals surface area contributed by atoms with E-state index < -0.39 is 0 Å². The summed E-state index contributed by atoms with van der Waals surface area (Å²) in [6.45, 7) is 10.5. The van der Waals surface area contributed by atoms with E-state index >= 15 is 0 Å². The van der Waals surface area contributed by atoms with Gasteiger partial charge in [0, 0.05) is 42.7 Å². The maximum atomic E-state index is 9.54. The summed E-state index contributed by atoms with van der Waals surface area (Å²) >= 11 is 2.07. The molecule has 0 radical (unpaired) electrons. The molecule has 0 bridgehead atoms. The lowest BCUT2D eigenvalue weighted by Gasteiger charge is -2.39. The van der Waals surface area contributed by atoms with Crippen LogP contribution in [-0.4, -0.2) is 47.3 Å². The van der Waals surface area contributed by atoms with Crippen molar-refractivity contribution in [2.75, 3.05) is 32.0 Å². The van der Waals surface area contributed by atoms with Crippen LogP contribution in [0.3, 0.4) is 0 Å². The van der Waals surface area contributed by atoms with E-state index in [0.717, 1.165) is 24.6 Å². The lowest BCUT2D eigenvalue weighted by atomic mass is 9.82. The number of aliphatic hydroxyl groups excluding tert-OH is 1. The lowest BCUT2D eigenvalue weighted by molar-refractivity contribution is 0.0674. The van der Waals surface area contributed by atoms with E-state index in [1.165, 1.54) is 18.8 Å². The highest BCUT2D eigenvalue weighted by molar-refractivity contribution is 7.99. The molecule has 90 valence electrons. The normalized spacial score (nSPS) is 24.4. The fourth-order valence-corrected chi connectivity index (χ4v) is 3.34. The second kappa shape index (κ2) is 6.12. The van der Waals surface area contributed by atoms with Crippen LogP contribution in [0.15, 0.2) is 0 Å². The zero-order chi connectivity index (χ0) is 11.3. The molecule has 3 heteroatoms. The van der Waals surface area contributed by atoms with Gasteiger partial charge < -0.3 is 10.0 Å². The van der Waals surface area contributed by atoms with Gasteiger partial charge in [-0.15, -0.1) is 0 Å². The number of rotatable bonds is 5. The van der Waals surface area contributed by atoms with Crippen molar-refractivity contribution in [2.45, 2.75) is 38.9 Å². The molecule has 1 atom stereocenters. The molecule has 1 aliphatic heterocycles. The Kier molecular flexibility index (Phi) is 5.44. The van der Waals surface area contributed by atoms with Gasteiger partial charge in [0.15, 0.2) is 0 Å². The standard InChI is InChI=1S/C12H25NOS/c1-4-12(5-2,10-14)9-13-6-7-15-11(3)8-13/h11,14H,4-10H2,1-3H3. The molecule has 2 nitrogen and oxygen atoms in total. The SMILES string of the molecule is CCC(CC)(CO)CN1CCSC(C)C1. The van der Waals surface area contributed by atoms with E-state index in [2.05, 4.69) is 37.4 Å². The Bertz CT molecular complexity index is 174. The van der Waals surface area contributed by atoms with Gasteiger partial charge >= 0.3 is 0 Å². The van der Waals surface area contributed by atoms with E-state index in [-0.39, 0.29) is 5.41 Å². The summed E-state index contributed by atoms with van der Waals surface area (Å²) < 4.78 is 0. The highest BCUT2D eigenvalue weighted by atomic mass is 32.2. The van der Waals surface area contributed by atoms with E-state index in [4.69, 9.17) is 0 Å². The van der Waals surface area contributed by atoms with Crippen molar-refractivity contribution in [2.24, 2.45) is 5.41 Å². The van der Waals surface area contributed by atoms with Crippen molar-refractivity contribution >= 4 is 11.8 Å². The molecule has 0 aromatic rings. The van der Waals surface area contributed by atoms with Crippen molar-refractivity contribution in [3.8, 4) is 0 Å². The molecule has 0 amide bonds. The Labute approximate surface area is 98.4 Å². The van der Waals surface area contributed by atoms with Gasteiger partial charge in [0.2, 0.25) is 0 Å². The van der Waals surface area contributed by atoms with Gasteiger partial charge in [-0.25, -0.2) is 0 Å². The summed E-state index contributed by atoms with van der Waals surface area (Å²) in [5, 5.41) is 10.3. The number of nitrogens with zero attached hydrogens (tertiary/aromatic N) is 1. The predicted octanol–water partition coefficient (Wildman–Crippen LogP) is 2.22. The zero-order valence-corrected chi connectivity index (χ0v) is 11.1. The van der Waals surface area contributed by atoms with E-state index in [0.29, 0.717) is 6.61 Å². The Hall–Kier alpha value is 0.270. The molecule has 1 rings (SSSR count). The largest absolute Gasteiger partial charge is 0.396 e. The van der Waals surface area contributed by atoms with Gasteiger partial charge in [0.05, 0.1) is 0 Å². The van der Waals surface area contributed by atoms with E-state index in [1.807, 2.05) is 0 Å². The topological polar surface area (TPSA) is 23.5 Å². The van der Waals surface area contributed by atoms with Crippen LogP contribution in [0.1, 0.15) is 33.6 Å². The van der Waals surface area contributed by atoms with Crippen molar-refractivity contribution in [3.63, 3.8) is 0 Å². The molecular formula is C12H25NOS. The fraction of sp³-hybridized carbons (Fsp3) is 1.00. The van der Waals surface area contributed by atoms with Crippen molar-refractivity contribution < 1.29 is 5.11 Å². The monoisotopic (exact) mass is 231 g/mol. The molecular weight excluding hydrogens is 206 g/mol. The van der Waals surface area contributed by atoms with Crippen molar-refractivity contribution in [1.82, 2.24) is 4.90 Å². The molecule has 0 saturated carbocycles. The van der Waals surface area contributed by atoms with Gasteiger partial charge in [-0.3, -0.25) is 0 Å². The first kappa shape index (κ1) is 13.3. The van der Waals surface area contributed by atoms with Gasteiger partial charge in [0.25, 0.3) is 0 Å². The molecule has 15 heavy (non-hydrogen) atoms. The highest BCUT2D eigenvalue weighted by Crippen LogP contribution is 2.29. The molecule has 1 unspecified atom stereocenters. The van der Waals surface area contributed by atoms with Gasteiger partial charge in [-0.05, 0) is 12.8 Å². The summed E-state index contributed by atoms with van der Waals surface area (Å²) in [7, 11) is 0. The molecule has 0 aliphatic carbocycles. The van der Waals surface area contributed by atoms with Crippen LogP contribution < -0.4 is 0 Å². The Morgan fingerprint density at radius 1 is 1.40 bits per heavy atom. The second-order valence-electron chi connectivity index (χ2n) is 4.78. The van der Waals surface area contributed by atoms with E-state index in [1.54, 1.807) is 0 Å². The first-order chi connectivity index (χ1) is 7.15. The highest BCUT2D eigenvalue weighted by Gasteiger charge is 2.29. The lowest BCUT2D eigenvalue weighted by Crippen LogP contribution is -2.45. The minimum Gasteiger partial charge on any atom is -0.396 e. The van der Waals surface area contributed by atoms with Crippen LogP contribution in [0, 0.1) is 5.41 Å². The first-order valence-electron chi connectivity index (χ1n) is 6.10. The summed E-state index contributed by atoms with van der Waals surface area (Å²) in [4.78, 5) is 2.53. The molecule has 1 fully saturated rings. The maximum Gasteiger partial charge on any atom is 0.0499 e. The second-order valence-corrected chi connectivity index (χ2v) is 6.33. The summed E-state index contributed by atoms with van der Waals surface area (Å²) in [6.07, 6.45) is 2.16. The number of thioether (sulfide) groups is 1. The minimum atomic E-state index is 0.141. The summed E-state index contributed by atoms with van der Waals surface area (Å²) in [5.41, 5.74) is 0.141. The Morgan fingerprint density at radius 2 is 2.07 bits per heavy atom. The Balaban J connectivity index is 2.49. The minimum absolute atomic E-state index is 0.141. The first-order valence-corrected chi connectivity index (χ1v) is 7.15. The molecule has 1 N–H and O–H groups in total. The van der Waals surface area contributed by atoms with E-state index in [9.17, 15) is 5.11 Å². The van der Waals surface area contributed by atoms with Crippen LogP contribution in [-0.2, 0) is 0 Å². The smallest absolute Gasteiger partial charge is 0.0499 e. The molecule has 1 saturated heterocycles. The Morgan fingerprint density at radius 3 is 2.53 bits per heavy atom. The average Bonchev–Trinajstić information content (AvgIpc) is 2.26. The number of hydrogen-bond acceptors (Lipinski definition) is 3. The molecule has 1 heterocycles. The quantitative estimate of drug-likeness (QED) is 0.785. The predicted molar refractivity (Wildman–Crippen MR) is 68.5 cm³/mol. The molecule has 1 aliphatic rings. The molecule has 0 aromatic carbocycles. The van der Waals surface area contributed by atoms with Crippen LogP contribution in [0.2, 0.25) is 0 Å². The van der Waals surface area contributed by atoms with Crippen LogP contribution in [0.25, 0.3) is 0 Å². The van der Waals surface area contributed by atoms with Crippen LogP contribution in [0.4, 0.5) is 0 Å². The number of aliphatic hydroxyl groups is 1. The van der Waals surface area contributed by atoms with Gasteiger partial charge in [0.1, 0.15) is 0 Å². The third-order valence-electron chi connectivity index (χ3n) is 3.72.